The second-order valence-electron chi connectivity index (χ2n) is 3.49. The first-order chi connectivity index (χ1) is 7.74. The van der Waals surface area contributed by atoms with Gasteiger partial charge < -0.3 is 0 Å². The summed E-state index contributed by atoms with van der Waals surface area (Å²) in [5.74, 6) is 0. The molecule has 0 aromatic heterocycles. The van der Waals surface area contributed by atoms with Crippen molar-refractivity contribution in [3.8, 4) is 0 Å². The Bertz CT molecular complexity index is 540. The van der Waals surface area contributed by atoms with Gasteiger partial charge in [-0.2, -0.15) is 0 Å². The molecule has 0 bridgehead atoms. The summed E-state index contributed by atoms with van der Waals surface area (Å²) < 4.78 is 0. The van der Waals surface area contributed by atoms with Crippen LogP contribution in [-0.2, 0) is 6.42 Å². The molecule has 16 heavy (non-hydrogen) atoms. The number of alkyl halides is 1. The van der Waals surface area contributed by atoms with Crippen molar-refractivity contribution in [2.24, 2.45) is 0 Å². The molecule has 0 unspecified atom stereocenters. The molecule has 0 atom stereocenters. The van der Waals surface area contributed by atoms with Crippen LogP contribution in [0.2, 0.25) is 0 Å². The third-order valence-corrected chi connectivity index (χ3v) is 2.93. The highest BCUT2D eigenvalue weighted by atomic mass is 79.9. The van der Waals surface area contributed by atoms with E-state index in [9.17, 15) is 10.1 Å². The summed E-state index contributed by atoms with van der Waals surface area (Å²) in [5.41, 5.74) is 1.01. The molecule has 0 heterocycles. The van der Waals surface area contributed by atoms with Gasteiger partial charge in [0.05, 0.1) is 10.3 Å². The summed E-state index contributed by atoms with van der Waals surface area (Å²) in [6.45, 7) is 0. The molecule has 0 aliphatic carbocycles. The van der Waals surface area contributed by atoms with Gasteiger partial charge in [-0.1, -0.05) is 46.3 Å². The minimum absolute atomic E-state index is 0.234. The Balaban J connectivity index is 2.73. The molecule has 2 aromatic rings. The van der Waals surface area contributed by atoms with Crippen LogP contribution < -0.4 is 0 Å². The van der Waals surface area contributed by atoms with E-state index in [1.807, 2.05) is 30.3 Å². The molecule has 2 rings (SSSR count). The standard InChI is InChI=1S/C12H10BrNO2/c13-8-7-10-6-5-9-3-1-2-4-11(9)12(10)14(15)16/h1-6H,7-8H2. The maximum atomic E-state index is 11.1. The maximum absolute atomic E-state index is 11.1. The second-order valence-corrected chi connectivity index (χ2v) is 4.28. The minimum atomic E-state index is -0.291. The second kappa shape index (κ2) is 4.61. The molecule has 0 saturated carbocycles. The van der Waals surface area contributed by atoms with Gasteiger partial charge in [0, 0.05) is 10.9 Å². The van der Waals surface area contributed by atoms with Crippen molar-refractivity contribution in [2.75, 3.05) is 5.33 Å². The fraction of sp³-hybridized carbons (Fsp3) is 0.167. The van der Waals surface area contributed by atoms with Crippen LogP contribution in [0.5, 0.6) is 0 Å². The fourth-order valence-corrected chi connectivity index (χ4v) is 2.25. The van der Waals surface area contributed by atoms with E-state index in [1.165, 1.54) is 0 Å². The lowest BCUT2D eigenvalue weighted by atomic mass is 10.0. The van der Waals surface area contributed by atoms with Gasteiger partial charge >= 0.3 is 0 Å². The molecule has 2 aromatic carbocycles. The van der Waals surface area contributed by atoms with E-state index in [-0.39, 0.29) is 10.6 Å². The molecule has 0 aliphatic rings. The van der Waals surface area contributed by atoms with Crippen molar-refractivity contribution in [1.29, 1.82) is 0 Å². The summed E-state index contributed by atoms with van der Waals surface area (Å²) in [4.78, 5) is 10.8. The number of benzene rings is 2. The van der Waals surface area contributed by atoms with Crippen molar-refractivity contribution in [1.82, 2.24) is 0 Å². The van der Waals surface area contributed by atoms with E-state index in [0.717, 1.165) is 16.3 Å². The molecule has 0 radical (unpaired) electrons. The summed E-state index contributed by atoms with van der Waals surface area (Å²) in [5, 5.41) is 13.5. The lowest BCUT2D eigenvalue weighted by Crippen LogP contribution is -1.97. The predicted octanol–water partition coefficient (Wildman–Crippen LogP) is 3.69. The van der Waals surface area contributed by atoms with Crippen LogP contribution in [0, 0.1) is 10.1 Å². The number of hydrogen-bond acceptors (Lipinski definition) is 2. The molecule has 0 aliphatic heterocycles. The van der Waals surface area contributed by atoms with Gasteiger partial charge in [-0.05, 0) is 17.9 Å². The monoisotopic (exact) mass is 279 g/mol. The van der Waals surface area contributed by atoms with Crippen LogP contribution in [0.25, 0.3) is 10.8 Å². The molecular weight excluding hydrogens is 270 g/mol. The molecule has 0 spiro atoms. The highest BCUT2D eigenvalue weighted by Crippen LogP contribution is 2.29. The van der Waals surface area contributed by atoms with E-state index in [1.54, 1.807) is 6.07 Å². The van der Waals surface area contributed by atoms with Gasteiger partial charge in [-0.3, -0.25) is 10.1 Å². The van der Waals surface area contributed by atoms with Crippen LogP contribution in [0.1, 0.15) is 5.56 Å². The summed E-state index contributed by atoms with van der Waals surface area (Å²) in [7, 11) is 0. The molecule has 0 amide bonds. The molecule has 0 N–H and O–H groups in total. The maximum Gasteiger partial charge on any atom is 0.280 e. The highest BCUT2D eigenvalue weighted by Gasteiger charge is 2.16. The number of halogens is 1. The van der Waals surface area contributed by atoms with Crippen LogP contribution in [0.15, 0.2) is 36.4 Å². The van der Waals surface area contributed by atoms with Crippen molar-refractivity contribution in [3.63, 3.8) is 0 Å². The Morgan fingerprint density at radius 3 is 2.62 bits per heavy atom. The third-order valence-electron chi connectivity index (χ3n) is 2.53. The molecule has 82 valence electrons. The SMILES string of the molecule is O=[N+]([O-])c1c(CCBr)ccc2ccccc12. The fourth-order valence-electron chi connectivity index (χ4n) is 1.82. The van der Waals surface area contributed by atoms with Crippen molar-refractivity contribution in [2.45, 2.75) is 6.42 Å². The van der Waals surface area contributed by atoms with Crippen LogP contribution >= 0.6 is 15.9 Å². The summed E-state index contributed by atoms with van der Waals surface area (Å²) in [6, 6.07) is 11.2. The van der Waals surface area contributed by atoms with Crippen LogP contribution in [0.3, 0.4) is 0 Å². The molecular formula is C12H10BrNO2. The normalized spacial score (nSPS) is 10.6. The Morgan fingerprint density at radius 1 is 1.19 bits per heavy atom. The van der Waals surface area contributed by atoms with Gasteiger partial charge in [0.1, 0.15) is 0 Å². The first-order valence-corrected chi connectivity index (χ1v) is 6.07. The average Bonchev–Trinajstić information content (AvgIpc) is 2.28. The number of fused-ring (bicyclic) bond motifs is 1. The zero-order valence-corrected chi connectivity index (χ0v) is 10.1. The Kier molecular flexibility index (Phi) is 3.19. The Hall–Kier alpha value is -1.42. The lowest BCUT2D eigenvalue weighted by molar-refractivity contribution is -0.383. The van der Waals surface area contributed by atoms with Crippen LogP contribution in [0.4, 0.5) is 5.69 Å². The largest absolute Gasteiger partial charge is 0.280 e. The zero-order chi connectivity index (χ0) is 11.5. The lowest BCUT2D eigenvalue weighted by Gasteiger charge is -2.04. The van der Waals surface area contributed by atoms with Gasteiger partial charge in [-0.25, -0.2) is 0 Å². The zero-order valence-electron chi connectivity index (χ0n) is 8.52. The van der Waals surface area contributed by atoms with E-state index in [4.69, 9.17) is 0 Å². The van der Waals surface area contributed by atoms with Crippen molar-refractivity contribution >= 4 is 32.4 Å². The van der Waals surface area contributed by atoms with Gasteiger partial charge in [-0.15, -0.1) is 0 Å². The van der Waals surface area contributed by atoms with Crippen molar-refractivity contribution < 1.29 is 4.92 Å². The number of nitro groups is 1. The molecule has 0 saturated heterocycles. The van der Waals surface area contributed by atoms with E-state index in [0.29, 0.717) is 11.8 Å². The number of hydrogen-bond donors (Lipinski definition) is 0. The number of aryl methyl sites for hydroxylation is 1. The minimum Gasteiger partial charge on any atom is -0.258 e. The molecule has 3 nitrogen and oxygen atoms in total. The van der Waals surface area contributed by atoms with E-state index >= 15 is 0 Å². The summed E-state index contributed by atoms with van der Waals surface area (Å²) >= 11 is 3.31. The van der Waals surface area contributed by atoms with E-state index in [2.05, 4.69) is 15.9 Å². The number of rotatable bonds is 3. The number of nitrogens with zero attached hydrogens (tertiary/aromatic N) is 1. The Labute approximate surface area is 101 Å². The third kappa shape index (κ3) is 1.93. The van der Waals surface area contributed by atoms with Gasteiger partial charge in [0.2, 0.25) is 0 Å². The number of nitro benzene ring substituents is 1. The Morgan fingerprint density at radius 2 is 1.94 bits per heavy atom. The first kappa shape index (κ1) is 11.1. The topological polar surface area (TPSA) is 43.1 Å². The first-order valence-electron chi connectivity index (χ1n) is 4.95. The predicted molar refractivity (Wildman–Crippen MR) is 68.1 cm³/mol. The van der Waals surface area contributed by atoms with E-state index < -0.39 is 0 Å². The average molecular weight is 280 g/mol. The van der Waals surface area contributed by atoms with Gasteiger partial charge in [0.25, 0.3) is 5.69 Å². The highest BCUT2D eigenvalue weighted by molar-refractivity contribution is 9.09. The van der Waals surface area contributed by atoms with Crippen molar-refractivity contribution in [3.05, 3.63) is 52.1 Å². The van der Waals surface area contributed by atoms with Crippen LogP contribution in [-0.4, -0.2) is 10.3 Å². The summed E-state index contributed by atoms with van der Waals surface area (Å²) in [6.07, 6.45) is 0.668. The quantitative estimate of drug-likeness (QED) is 0.489. The molecule has 4 heteroatoms. The molecule has 0 fully saturated rings. The smallest absolute Gasteiger partial charge is 0.258 e. The van der Waals surface area contributed by atoms with Gasteiger partial charge in [0.15, 0.2) is 0 Å².